The smallest absolute Gasteiger partial charge is 0.162 e. The molecule has 0 amide bonds. The molecule has 2 atom stereocenters. The molecule has 0 radical (unpaired) electrons. The summed E-state index contributed by atoms with van der Waals surface area (Å²) in [6, 6.07) is 0. The zero-order valence-corrected chi connectivity index (χ0v) is 13.9. The maximum absolute atomic E-state index is 13.2. The van der Waals surface area contributed by atoms with Crippen LogP contribution in [0.4, 0.5) is 4.39 Å². The summed E-state index contributed by atoms with van der Waals surface area (Å²) >= 11 is 0. The number of halogens is 1. The predicted molar refractivity (Wildman–Crippen MR) is 85.3 cm³/mol. The molecule has 0 saturated heterocycles. The Morgan fingerprint density at radius 2 is 1.73 bits per heavy atom. The van der Waals surface area contributed by atoms with Gasteiger partial charge in [-0.1, -0.05) is 6.92 Å². The van der Waals surface area contributed by atoms with Crippen molar-refractivity contribution in [3.05, 3.63) is 11.8 Å². The Morgan fingerprint density at radius 3 is 2.14 bits per heavy atom. The Labute approximate surface area is 133 Å². The standard InChI is InChI=1S/C19H29FO2/c1-3-16(4-12(2)20)17(21)8-18(22)19-9-13-5-14(10-19)7-15(6-13)11-19/h8,12-16,22H,3-7,9-11H2,1-2H3. The highest BCUT2D eigenvalue weighted by molar-refractivity contribution is 5.92. The van der Waals surface area contributed by atoms with E-state index in [2.05, 4.69) is 0 Å². The lowest BCUT2D eigenvalue weighted by Gasteiger charge is -2.56. The summed E-state index contributed by atoms with van der Waals surface area (Å²) in [7, 11) is 0. The molecule has 0 heterocycles. The van der Waals surface area contributed by atoms with Crippen molar-refractivity contribution in [3.8, 4) is 0 Å². The molecule has 1 N–H and O–H groups in total. The summed E-state index contributed by atoms with van der Waals surface area (Å²) in [6.07, 6.45) is 8.48. The van der Waals surface area contributed by atoms with Gasteiger partial charge in [-0.05, 0) is 76.0 Å². The zero-order valence-electron chi connectivity index (χ0n) is 13.9. The van der Waals surface area contributed by atoms with Gasteiger partial charge < -0.3 is 5.11 Å². The minimum absolute atomic E-state index is 0.0831. The van der Waals surface area contributed by atoms with Gasteiger partial charge in [0.05, 0.1) is 6.17 Å². The molecule has 4 aliphatic carbocycles. The second-order valence-corrected chi connectivity index (χ2v) is 8.25. The van der Waals surface area contributed by atoms with Gasteiger partial charge in [0, 0.05) is 17.4 Å². The summed E-state index contributed by atoms with van der Waals surface area (Å²) in [6.45, 7) is 3.42. The van der Waals surface area contributed by atoms with Crippen LogP contribution in [-0.4, -0.2) is 17.1 Å². The van der Waals surface area contributed by atoms with Gasteiger partial charge in [-0.25, -0.2) is 4.39 Å². The molecule has 4 bridgehead atoms. The minimum Gasteiger partial charge on any atom is -0.512 e. The van der Waals surface area contributed by atoms with Gasteiger partial charge in [0.2, 0.25) is 0 Å². The van der Waals surface area contributed by atoms with Crippen LogP contribution >= 0.6 is 0 Å². The maximum atomic E-state index is 13.2. The highest BCUT2D eigenvalue weighted by Gasteiger charge is 2.53. The van der Waals surface area contributed by atoms with Crippen molar-refractivity contribution >= 4 is 5.78 Å². The molecule has 0 aliphatic heterocycles. The summed E-state index contributed by atoms with van der Waals surface area (Å²) in [5.74, 6) is 2.15. The van der Waals surface area contributed by atoms with Gasteiger partial charge in [0.15, 0.2) is 5.78 Å². The Morgan fingerprint density at radius 1 is 1.23 bits per heavy atom. The van der Waals surface area contributed by atoms with Crippen molar-refractivity contribution < 1.29 is 14.3 Å². The fourth-order valence-electron chi connectivity index (χ4n) is 5.71. The Kier molecular flexibility index (Phi) is 4.35. The van der Waals surface area contributed by atoms with Crippen LogP contribution in [0.5, 0.6) is 0 Å². The van der Waals surface area contributed by atoms with E-state index in [1.165, 1.54) is 32.3 Å². The first-order chi connectivity index (χ1) is 10.4. The maximum Gasteiger partial charge on any atom is 0.162 e. The zero-order chi connectivity index (χ0) is 15.9. The van der Waals surface area contributed by atoms with Crippen molar-refractivity contribution in [2.75, 3.05) is 0 Å². The van der Waals surface area contributed by atoms with E-state index < -0.39 is 6.17 Å². The largest absolute Gasteiger partial charge is 0.512 e. The second-order valence-electron chi connectivity index (χ2n) is 8.25. The highest BCUT2D eigenvalue weighted by atomic mass is 19.1. The molecule has 4 rings (SSSR count). The minimum atomic E-state index is -0.969. The van der Waals surface area contributed by atoms with Crippen LogP contribution in [0.1, 0.15) is 65.2 Å². The number of allylic oxidation sites excluding steroid dienone is 2. The quantitative estimate of drug-likeness (QED) is 0.554. The van der Waals surface area contributed by atoms with E-state index >= 15 is 0 Å². The SMILES string of the molecule is CCC(CC(C)F)C(=O)C=C(O)C12CC3CC(CC(C3)C1)C2. The van der Waals surface area contributed by atoms with Crippen LogP contribution in [0, 0.1) is 29.1 Å². The Hall–Kier alpha value is -0.860. The lowest BCUT2D eigenvalue weighted by atomic mass is 9.49. The molecule has 2 nitrogen and oxygen atoms in total. The third-order valence-corrected chi connectivity index (χ3v) is 6.37. The number of hydrogen-bond donors (Lipinski definition) is 1. The molecule has 22 heavy (non-hydrogen) atoms. The van der Waals surface area contributed by atoms with Gasteiger partial charge in [0.25, 0.3) is 0 Å². The lowest BCUT2D eigenvalue weighted by molar-refractivity contribution is -0.119. The van der Waals surface area contributed by atoms with Crippen LogP contribution in [0.2, 0.25) is 0 Å². The van der Waals surface area contributed by atoms with Crippen molar-refractivity contribution in [1.82, 2.24) is 0 Å². The van der Waals surface area contributed by atoms with Crippen molar-refractivity contribution in [2.45, 2.75) is 71.4 Å². The van der Waals surface area contributed by atoms with Crippen LogP contribution in [0.15, 0.2) is 11.8 Å². The van der Waals surface area contributed by atoms with Crippen molar-refractivity contribution in [2.24, 2.45) is 29.1 Å². The van der Waals surface area contributed by atoms with Gasteiger partial charge >= 0.3 is 0 Å². The number of aliphatic hydroxyl groups excluding tert-OH is 1. The Balaban J connectivity index is 1.75. The fraction of sp³-hybridized carbons (Fsp3) is 0.842. The normalized spacial score (nSPS) is 39.8. The monoisotopic (exact) mass is 308 g/mol. The molecule has 3 heteroatoms. The van der Waals surface area contributed by atoms with Crippen LogP contribution in [-0.2, 0) is 4.79 Å². The van der Waals surface area contributed by atoms with Gasteiger partial charge in [-0.15, -0.1) is 0 Å². The molecule has 0 spiro atoms. The van der Waals surface area contributed by atoms with E-state index in [0.29, 0.717) is 12.2 Å². The number of carbonyl (C=O) groups excluding carboxylic acids is 1. The van der Waals surface area contributed by atoms with E-state index in [-0.39, 0.29) is 23.5 Å². The molecule has 2 unspecified atom stereocenters. The van der Waals surface area contributed by atoms with Crippen molar-refractivity contribution in [1.29, 1.82) is 0 Å². The van der Waals surface area contributed by atoms with E-state index in [9.17, 15) is 14.3 Å². The number of aliphatic hydroxyl groups is 1. The first kappa shape index (κ1) is 16.0. The van der Waals surface area contributed by atoms with Crippen LogP contribution < -0.4 is 0 Å². The summed E-state index contributed by atoms with van der Waals surface area (Å²) < 4.78 is 13.2. The lowest BCUT2D eigenvalue weighted by Crippen LogP contribution is -2.47. The molecule has 0 aromatic rings. The molecular formula is C19H29FO2. The average Bonchev–Trinajstić information content (AvgIpc) is 2.42. The van der Waals surface area contributed by atoms with E-state index in [1.54, 1.807) is 0 Å². The van der Waals surface area contributed by atoms with E-state index in [1.807, 2.05) is 6.92 Å². The molecule has 4 aliphatic rings. The third kappa shape index (κ3) is 2.96. The second kappa shape index (κ2) is 5.98. The summed E-state index contributed by atoms with van der Waals surface area (Å²) in [5, 5.41) is 10.7. The molecular weight excluding hydrogens is 279 g/mol. The van der Waals surface area contributed by atoms with E-state index in [4.69, 9.17) is 0 Å². The van der Waals surface area contributed by atoms with Gasteiger partial charge in [0.1, 0.15) is 5.76 Å². The number of rotatable bonds is 6. The summed E-state index contributed by atoms with van der Waals surface area (Å²) in [4.78, 5) is 12.4. The molecule has 0 aromatic carbocycles. The molecule has 0 aromatic heterocycles. The number of alkyl halides is 1. The average molecular weight is 308 g/mol. The number of carbonyl (C=O) groups is 1. The fourth-order valence-corrected chi connectivity index (χ4v) is 5.71. The first-order valence-electron chi connectivity index (χ1n) is 9.01. The van der Waals surface area contributed by atoms with Gasteiger partial charge in [-0.2, -0.15) is 0 Å². The number of ketones is 1. The molecule has 124 valence electrons. The number of hydrogen-bond acceptors (Lipinski definition) is 2. The Bertz CT molecular complexity index is 431. The van der Waals surface area contributed by atoms with Crippen molar-refractivity contribution in [3.63, 3.8) is 0 Å². The van der Waals surface area contributed by atoms with E-state index in [0.717, 1.165) is 37.0 Å². The molecule has 4 fully saturated rings. The van der Waals surface area contributed by atoms with Crippen LogP contribution in [0.3, 0.4) is 0 Å². The van der Waals surface area contributed by atoms with Gasteiger partial charge in [-0.3, -0.25) is 4.79 Å². The predicted octanol–water partition coefficient (Wildman–Crippen LogP) is 4.99. The topological polar surface area (TPSA) is 37.3 Å². The van der Waals surface area contributed by atoms with Crippen LogP contribution in [0.25, 0.3) is 0 Å². The summed E-state index contributed by atoms with van der Waals surface area (Å²) in [5.41, 5.74) is -0.135. The third-order valence-electron chi connectivity index (χ3n) is 6.37. The molecule has 4 saturated carbocycles. The first-order valence-corrected chi connectivity index (χ1v) is 9.01. The highest BCUT2D eigenvalue weighted by Crippen LogP contribution is 2.62.